The molecule has 0 aliphatic carbocycles. The Labute approximate surface area is 160 Å². The Hall–Kier alpha value is -1.95. The molecular weight excluding hydrogens is 356 g/mol. The third kappa shape index (κ3) is 5.04. The molecule has 1 aliphatic heterocycles. The summed E-state index contributed by atoms with van der Waals surface area (Å²) in [6.45, 7) is 6.32. The van der Waals surface area contributed by atoms with Crippen LogP contribution < -0.4 is 4.74 Å². The second-order valence-electron chi connectivity index (χ2n) is 7.48. The van der Waals surface area contributed by atoms with Gasteiger partial charge < -0.3 is 14.4 Å². The molecule has 0 N–H and O–H groups in total. The van der Waals surface area contributed by atoms with Gasteiger partial charge >= 0.3 is 6.09 Å². The van der Waals surface area contributed by atoms with Crippen LogP contribution in [0.4, 0.5) is 4.79 Å². The van der Waals surface area contributed by atoms with Crippen LogP contribution in [0, 0.1) is 0 Å². The van der Waals surface area contributed by atoms with Crippen LogP contribution in [0.25, 0.3) is 0 Å². The number of likely N-dealkylation sites (N-methyl/N-ethyl adjacent to an activating group) is 1. The summed E-state index contributed by atoms with van der Waals surface area (Å²) >= 11 is 6.06. The first-order chi connectivity index (χ1) is 12.1. The molecule has 144 valence electrons. The second-order valence-corrected chi connectivity index (χ2v) is 7.92. The van der Waals surface area contributed by atoms with Gasteiger partial charge in [-0.05, 0) is 51.8 Å². The number of hydrogen-bond donors (Lipinski definition) is 0. The third-order valence-corrected chi connectivity index (χ3v) is 4.43. The van der Waals surface area contributed by atoms with Gasteiger partial charge in [-0.15, -0.1) is 0 Å². The number of methoxy groups -OCH3 is 1. The summed E-state index contributed by atoms with van der Waals surface area (Å²) in [5, 5.41) is 0.581. The van der Waals surface area contributed by atoms with E-state index in [1.807, 2.05) is 20.8 Å². The lowest BCUT2D eigenvalue weighted by Gasteiger charge is -2.30. The Bertz CT molecular complexity index is 672. The minimum atomic E-state index is -0.590. The van der Waals surface area contributed by atoms with Crippen LogP contribution in [0.1, 0.15) is 39.2 Å². The molecule has 1 aromatic rings. The number of amides is 2. The lowest BCUT2D eigenvalue weighted by Crippen LogP contribution is -2.47. The van der Waals surface area contributed by atoms with Crippen molar-refractivity contribution in [3.8, 4) is 5.75 Å². The van der Waals surface area contributed by atoms with Crippen LogP contribution in [0.2, 0.25) is 5.02 Å². The Morgan fingerprint density at radius 3 is 2.65 bits per heavy atom. The van der Waals surface area contributed by atoms with E-state index in [4.69, 9.17) is 21.1 Å². The molecule has 1 unspecified atom stereocenters. The number of hydrogen-bond acceptors (Lipinski definition) is 4. The molecule has 1 heterocycles. The van der Waals surface area contributed by atoms with Crippen LogP contribution in [-0.4, -0.2) is 54.1 Å². The fourth-order valence-corrected chi connectivity index (χ4v) is 3.22. The van der Waals surface area contributed by atoms with Crippen LogP contribution in [0.15, 0.2) is 18.2 Å². The topological polar surface area (TPSA) is 59.1 Å². The summed E-state index contributed by atoms with van der Waals surface area (Å²) in [4.78, 5) is 28.4. The van der Waals surface area contributed by atoms with Crippen LogP contribution in [0.5, 0.6) is 5.75 Å². The highest BCUT2D eigenvalue weighted by molar-refractivity contribution is 6.30. The van der Waals surface area contributed by atoms with Crippen molar-refractivity contribution in [2.75, 3.05) is 20.7 Å². The van der Waals surface area contributed by atoms with Gasteiger partial charge in [-0.25, -0.2) is 4.79 Å². The molecule has 0 aromatic heterocycles. The molecule has 26 heavy (non-hydrogen) atoms. The fourth-order valence-electron chi connectivity index (χ4n) is 3.02. The van der Waals surface area contributed by atoms with Crippen molar-refractivity contribution in [1.29, 1.82) is 0 Å². The smallest absolute Gasteiger partial charge is 0.410 e. The van der Waals surface area contributed by atoms with Crippen molar-refractivity contribution in [1.82, 2.24) is 9.80 Å². The maximum absolute atomic E-state index is 12.9. The van der Waals surface area contributed by atoms with E-state index in [9.17, 15) is 9.59 Å². The van der Waals surface area contributed by atoms with Gasteiger partial charge in [0, 0.05) is 30.7 Å². The number of nitrogens with zero attached hydrogens (tertiary/aromatic N) is 2. The van der Waals surface area contributed by atoms with E-state index >= 15 is 0 Å². The molecule has 1 fully saturated rings. The summed E-state index contributed by atoms with van der Waals surface area (Å²) in [5.74, 6) is 0.555. The first-order valence-electron chi connectivity index (χ1n) is 8.69. The van der Waals surface area contributed by atoms with E-state index in [1.54, 1.807) is 37.3 Å². The molecule has 0 bridgehead atoms. The quantitative estimate of drug-likeness (QED) is 0.796. The minimum Gasteiger partial charge on any atom is -0.496 e. The summed E-state index contributed by atoms with van der Waals surface area (Å²) in [6, 6.07) is 4.80. The van der Waals surface area contributed by atoms with E-state index in [0.717, 1.165) is 12.0 Å². The molecule has 0 radical (unpaired) electrons. The molecule has 7 heteroatoms. The number of likely N-dealkylation sites (tertiary alicyclic amines) is 1. The lowest BCUT2D eigenvalue weighted by molar-refractivity contribution is -0.135. The number of halogens is 1. The summed E-state index contributed by atoms with van der Waals surface area (Å²) in [6.07, 6.45) is 0.973. The Morgan fingerprint density at radius 1 is 1.35 bits per heavy atom. The maximum Gasteiger partial charge on any atom is 0.410 e. The highest BCUT2D eigenvalue weighted by Crippen LogP contribution is 2.26. The Morgan fingerprint density at radius 2 is 2.04 bits per heavy atom. The Kier molecular flexibility index (Phi) is 6.39. The normalized spacial score (nSPS) is 17.2. The van der Waals surface area contributed by atoms with E-state index in [-0.39, 0.29) is 5.91 Å². The van der Waals surface area contributed by atoms with Gasteiger partial charge in [0.15, 0.2) is 0 Å². The lowest BCUT2D eigenvalue weighted by atomic mass is 10.1. The monoisotopic (exact) mass is 382 g/mol. The molecule has 1 atom stereocenters. The molecule has 2 amide bonds. The van der Waals surface area contributed by atoms with Crippen molar-refractivity contribution >= 4 is 23.6 Å². The predicted octanol–water partition coefficient (Wildman–Crippen LogP) is 3.71. The summed E-state index contributed by atoms with van der Waals surface area (Å²) in [7, 11) is 3.30. The van der Waals surface area contributed by atoms with Crippen molar-refractivity contribution < 1.29 is 19.1 Å². The van der Waals surface area contributed by atoms with Gasteiger partial charge in [0.1, 0.15) is 17.4 Å². The first-order valence-corrected chi connectivity index (χ1v) is 9.07. The average molecular weight is 383 g/mol. The zero-order valence-electron chi connectivity index (χ0n) is 16.0. The largest absolute Gasteiger partial charge is 0.496 e. The molecule has 6 nitrogen and oxygen atoms in total. The number of rotatable bonds is 4. The van der Waals surface area contributed by atoms with Crippen LogP contribution in [0.3, 0.4) is 0 Å². The van der Waals surface area contributed by atoms with Gasteiger partial charge in [-0.3, -0.25) is 9.69 Å². The van der Waals surface area contributed by atoms with Gasteiger partial charge in [0.25, 0.3) is 0 Å². The number of carbonyl (C=O) groups excluding carboxylic acids is 2. The minimum absolute atomic E-state index is 0.115. The molecule has 2 rings (SSSR count). The Balaban J connectivity index is 2.09. The SMILES string of the molecule is COc1ccc(Cl)cc1CN(C)C(=O)C1CCCN1C(=O)OC(C)(C)C. The van der Waals surface area contributed by atoms with Crippen LogP contribution >= 0.6 is 11.6 Å². The molecule has 0 spiro atoms. The number of benzene rings is 1. The van der Waals surface area contributed by atoms with Crippen molar-refractivity contribution in [2.24, 2.45) is 0 Å². The molecule has 0 saturated carbocycles. The fraction of sp³-hybridized carbons (Fsp3) is 0.579. The molecule has 1 aliphatic rings. The highest BCUT2D eigenvalue weighted by Gasteiger charge is 2.38. The standard InChI is InChI=1S/C19H27ClN2O4/c1-19(2,3)26-18(24)22-10-6-7-15(22)17(23)21(4)12-13-11-14(20)8-9-16(13)25-5/h8-9,11,15H,6-7,10,12H2,1-5H3. The average Bonchev–Trinajstić information content (AvgIpc) is 3.02. The number of ether oxygens (including phenoxy) is 2. The van der Waals surface area contributed by atoms with Crippen LogP contribution in [-0.2, 0) is 16.1 Å². The van der Waals surface area contributed by atoms with E-state index < -0.39 is 17.7 Å². The maximum atomic E-state index is 12.9. The van der Waals surface area contributed by atoms with Gasteiger partial charge in [0.05, 0.1) is 7.11 Å². The molecule has 1 saturated heterocycles. The zero-order chi connectivity index (χ0) is 19.5. The van der Waals surface area contributed by atoms with E-state index in [1.165, 1.54) is 4.90 Å². The summed E-state index contributed by atoms with van der Waals surface area (Å²) < 4.78 is 10.8. The van der Waals surface area contributed by atoms with Gasteiger partial charge in [-0.1, -0.05) is 11.6 Å². The van der Waals surface area contributed by atoms with E-state index in [0.29, 0.717) is 30.3 Å². The zero-order valence-corrected chi connectivity index (χ0v) is 16.8. The first kappa shape index (κ1) is 20.4. The van der Waals surface area contributed by atoms with Crippen molar-refractivity contribution in [2.45, 2.75) is 51.8 Å². The third-order valence-electron chi connectivity index (χ3n) is 4.19. The highest BCUT2D eigenvalue weighted by atomic mass is 35.5. The second kappa shape index (κ2) is 8.16. The number of carbonyl (C=O) groups is 2. The van der Waals surface area contributed by atoms with E-state index in [2.05, 4.69) is 0 Å². The van der Waals surface area contributed by atoms with Crippen molar-refractivity contribution in [3.63, 3.8) is 0 Å². The predicted molar refractivity (Wildman–Crippen MR) is 100 cm³/mol. The molecule has 1 aromatic carbocycles. The van der Waals surface area contributed by atoms with Crippen molar-refractivity contribution in [3.05, 3.63) is 28.8 Å². The molecular formula is C19H27ClN2O4. The summed E-state index contributed by atoms with van der Waals surface area (Å²) in [5.41, 5.74) is 0.227. The van der Waals surface area contributed by atoms with Gasteiger partial charge in [0.2, 0.25) is 5.91 Å². The van der Waals surface area contributed by atoms with Gasteiger partial charge in [-0.2, -0.15) is 0 Å².